The van der Waals surface area contributed by atoms with Crippen molar-refractivity contribution in [3.05, 3.63) is 18.2 Å². The van der Waals surface area contributed by atoms with E-state index in [0.717, 1.165) is 18.1 Å². The van der Waals surface area contributed by atoms with Crippen molar-refractivity contribution >= 4 is 11.8 Å². The Balaban J connectivity index is 2.38. The Bertz CT molecular complexity index is 234. The molecule has 1 aromatic heterocycles. The van der Waals surface area contributed by atoms with Crippen molar-refractivity contribution in [2.75, 3.05) is 6.54 Å². The van der Waals surface area contributed by atoms with Crippen LogP contribution < -0.4 is 5.73 Å². The molecule has 3 nitrogen and oxygen atoms in total. The van der Waals surface area contributed by atoms with Crippen LogP contribution in [-0.4, -0.2) is 21.3 Å². The molecule has 0 aliphatic heterocycles. The second kappa shape index (κ2) is 4.52. The van der Waals surface area contributed by atoms with Gasteiger partial charge in [0.1, 0.15) is 5.82 Å². The van der Waals surface area contributed by atoms with Crippen LogP contribution in [0.25, 0.3) is 0 Å². The highest BCUT2D eigenvalue weighted by Crippen LogP contribution is 2.14. The van der Waals surface area contributed by atoms with Crippen LogP contribution in [0.5, 0.6) is 0 Å². The van der Waals surface area contributed by atoms with E-state index in [1.54, 1.807) is 0 Å². The summed E-state index contributed by atoms with van der Waals surface area (Å²) in [5.74, 6) is 2.06. The van der Waals surface area contributed by atoms with Gasteiger partial charge in [-0.05, 0) is 0 Å². The van der Waals surface area contributed by atoms with Crippen LogP contribution in [0.15, 0.2) is 12.4 Å². The molecule has 0 saturated carbocycles. The summed E-state index contributed by atoms with van der Waals surface area (Å²) in [4.78, 5) is 4.22. The molecule has 0 fully saturated rings. The fourth-order valence-corrected chi connectivity index (χ4v) is 1.67. The Hall–Kier alpha value is -0.480. The van der Waals surface area contributed by atoms with Crippen LogP contribution in [0.1, 0.15) is 12.7 Å². The minimum atomic E-state index is 0.515. The van der Waals surface area contributed by atoms with Crippen molar-refractivity contribution in [3.63, 3.8) is 0 Å². The quantitative estimate of drug-likeness (QED) is 0.761. The molecule has 68 valence electrons. The van der Waals surface area contributed by atoms with E-state index in [2.05, 4.69) is 11.9 Å². The first-order valence-corrected chi connectivity index (χ1v) is 5.06. The third-order valence-corrected chi connectivity index (χ3v) is 2.94. The molecule has 0 radical (unpaired) electrons. The minimum absolute atomic E-state index is 0.515. The van der Waals surface area contributed by atoms with Gasteiger partial charge in [0, 0.05) is 31.2 Å². The summed E-state index contributed by atoms with van der Waals surface area (Å²) in [5.41, 5.74) is 5.50. The Morgan fingerprint density at radius 3 is 3.00 bits per heavy atom. The molecule has 0 aliphatic rings. The molecule has 0 saturated heterocycles. The first-order chi connectivity index (χ1) is 5.74. The molecular formula is C8H15N3S. The molecule has 0 amide bonds. The molecule has 12 heavy (non-hydrogen) atoms. The van der Waals surface area contributed by atoms with Gasteiger partial charge < -0.3 is 10.3 Å². The molecule has 0 bridgehead atoms. The van der Waals surface area contributed by atoms with Crippen molar-refractivity contribution < 1.29 is 0 Å². The van der Waals surface area contributed by atoms with Gasteiger partial charge in [0.15, 0.2) is 0 Å². The maximum absolute atomic E-state index is 5.50. The molecule has 1 atom stereocenters. The van der Waals surface area contributed by atoms with E-state index in [1.165, 1.54) is 0 Å². The van der Waals surface area contributed by atoms with E-state index in [9.17, 15) is 0 Å². The van der Waals surface area contributed by atoms with Gasteiger partial charge in [-0.25, -0.2) is 4.98 Å². The van der Waals surface area contributed by atoms with Crippen molar-refractivity contribution in [2.45, 2.75) is 17.9 Å². The van der Waals surface area contributed by atoms with Crippen LogP contribution in [0, 0.1) is 0 Å². The van der Waals surface area contributed by atoms with Crippen molar-refractivity contribution in [2.24, 2.45) is 12.8 Å². The average Bonchev–Trinajstić information content (AvgIpc) is 2.47. The number of aryl methyl sites for hydroxylation is 1. The molecule has 2 N–H and O–H groups in total. The Morgan fingerprint density at radius 1 is 1.75 bits per heavy atom. The van der Waals surface area contributed by atoms with Crippen LogP contribution in [-0.2, 0) is 12.8 Å². The standard InChI is InChI=1S/C8H15N3S/c1-7(5-9)12-6-8-10-3-4-11(8)2/h3-4,7H,5-6,9H2,1-2H3. The monoisotopic (exact) mass is 185 g/mol. The van der Waals surface area contributed by atoms with Crippen LogP contribution in [0.4, 0.5) is 0 Å². The highest BCUT2D eigenvalue weighted by Gasteiger charge is 2.03. The summed E-state index contributed by atoms with van der Waals surface area (Å²) in [6.07, 6.45) is 3.78. The fourth-order valence-electron chi connectivity index (χ4n) is 0.820. The van der Waals surface area contributed by atoms with Crippen LogP contribution >= 0.6 is 11.8 Å². The van der Waals surface area contributed by atoms with Crippen molar-refractivity contribution in [3.8, 4) is 0 Å². The normalized spacial score (nSPS) is 13.2. The molecule has 0 aromatic carbocycles. The lowest BCUT2D eigenvalue weighted by Crippen LogP contribution is -2.13. The molecule has 0 spiro atoms. The number of nitrogens with zero attached hydrogens (tertiary/aromatic N) is 2. The molecule has 1 unspecified atom stereocenters. The maximum Gasteiger partial charge on any atom is 0.118 e. The summed E-state index contributed by atoms with van der Waals surface area (Å²) < 4.78 is 2.04. The number of thioether (sulfide) groups is 1. The molecule has 1 heterocycles. The zero-order valence-electron chi connectivity index (χ0n) is 7.53. The topological polar surface area (TPSA) is 43.8 Å². The Kier molecular flexibility index (Phi) is 3.62. The Labute approximate surface area is 77.4 Å². The van der Waals surface area contributed by atoms with Gasteiger partial charge in [-0.3, -0.25) is 0 Å². The highest BCUT2D eigenvalue weighted by molar-refractivity contribution is 7.99. The lowest BCUT2D eigenvalue weighted by Gasteiger charge is -2.07. The highest BCUT2D eigenvalue weighted by atomic mass is 32.2. The molecule has 4 heteroatoms. The van der Waals surface area contributed by atoms with Gasteiger partial charge in [0.2, 0.25) is 0 Å². The van der Waals surface area contributed by atoms with Gasteiger partial charge in [-0.2, -0.15) is 0 Å². The van der Waals surface area contributed by atoms with Gasteiger partial charge in [0.25, 0.3) is 0 Å². The van der Waals surface area contributed by atoms with E-state index >= 15 is 0 Å². The summed E-state index contributed by atoms with van der Waals surface area (Å²) in [6, 6.07) is 0. The largest absolute Gasteiger partial charge is 0.337 e. The van der Waals surface area contributed by atoms with Gasteiger partial charge in [-0.15, -0.1) is 11.8 Å². The Morgan fingerprint density at radius 2 is 2.50 bits per heavy atom. The second-order valence-electron chi connectivity index (χ2n) is 2.81. The second-order valence-corrected chi connectivity index (χ2v) is 4.24. The summed E-state index contributed by atoms with van der Waals surface area (Å²) in [7, 11) is 2.01. The zero-order chi connectivity index (χ0) is 8.97. The lowest BCUT2D eigenvalue weighted by molar-refractivity contribution is 0.845. The lowest BCUT2D eigenvalue weighted by atomic mass is 10.5. The van der Waals surface area contributed by atoms with E-state index in [0.29, 0.717) is 5.25 Å². The van der Waals surface area contributed by atoms with E-state index < -0.39 is 0 Å². The number of hydrogen-bond donors (Lipinski definition) is 1. The molecule has 0 aliphatic carbocycles. The summed E-state index contributed by atoms with van der Waals surface area (Å²) in [5, 5.41) is 0.515. The SMILES string of the molecule is CC(CN)SCc1nccn1C. The smallest absolute Gasteiger partial charge is 0.118 e. The van der Waals surface area contributed by atoms with Crippen molar-refractivity contribution in [1.29, 1.82) is 0 Å². The number of aromatic nitrogens is 2. The third kappa shape index (κ3) is 2.53. The number of hydrogen-bond acceptors (Lipinski definition) is 3. The zero-order valence-corrected chi connectivity index (χ0v) is 8.34. The number of rotatable bonds is 4. The maximum atomic E-state index is 5.50. The molecule has 1 rings (SSSR count). The summed E-state index contributed by atoms with van der Waals surface area (Å²) >= 11 is 1.84. The van der Waals surface area contributed by atoms with E-state index in [-0.39, 0.29) is 0 Å². The predicted octanol–water partition coefficient (Wildman–Crippen LogP) is 1.00. The van der Waals surface area contributed by atoms with Gasteiger partial charge in [0.05, 0.1) is 5.75 Å². The average molecular weight is 185 g/mol. The predicted molar refractivity (Wildman–Crippen MR) is 53.0 cm³/mol. The van der Waals surface area contributed by atoms with Crippen LogP contribution in [0.3, 0.4) is 0 Å². The first kappa shape index (κ1) is 9.61. The molecular weight excluding hydrogens is 170 g/mol. The molecule has 1 aromatic rings. The van der Waals surface area contributed by atoms with Crippen LogP contribution in [0.2, 0.25) is 0 Å². The minimum Gasteiger partial charge on any atom is -0.337 e. The number of nitrogens with two attached hydrogens (primary N) is 1. The summed E-state index contributed by atoms with van der Waals surface area (Å²) in [6.45, 7) is 2.86. The fraction of sp³-hybridized carbons (Fsp3) is 0.625. The first-order valence-electron chi connectivity index (χ1n) is 4.02. The third-order valence-electron chi connectivity index (χ3n) is 1.75. The number of imidazole rings is 1. The van der Waals surface area contributed by atoms with Gasteiger partial charge in [-0.1, -0.05) is 6.92 Å². The van der Waals surface area contributed by atoms with E-state index in [1.807, 2.05) is 35.8 Å². The van der Waals surface area contributed by atoms with Gasteiger partial charge >= 0.3 is 0 Å². The van der Waals surface area contributed by atoms with Crippen molar-refractivity contribution in [1.82, 2.24) is 9.55 Å². The van der Waals surface area contributed by atoms with E-state index in [4.69, 9.17) is 5.73 Å².